The highest BCUT2D eigenvalue weighted by atomic mass is 16.1. The number of para-hydroxylation sites is 1. The molecule has 0 N–H and O–H groups in total. The Morgan fingerprint density at radius 3 is 2.14 bits per heavy atom. The van der Waals surface area contributed by atoms with Crippen molar-refractivity contribution in [3.05, 3.63) is 93.7 Å². The first kappa shape index (κ1) is 14.3. The van der Waals surface area contributed by atoms with E-state index in [9.17, 15) is 4.79 Å². The molecule has 3 nitrogen and oxygen atoms in total. The lowest BCUT2D eigenvalue weighted by molar-refractivity contribution is 0.824. The van der Waals surface area contributed by atoms with Gasteiger partial charge in [-0.3, -0.25) is 9.36 Å². The average molecular weight is 290 g/mol. The van der Waals surface area contributed by atoms with E-state index in [1.54, 1.807) is 4.57 Å². The molecule has 1 heterocycles. The quantitative estimate of drug-likeness (QED) is 0.740. The van der Waals surface area contributed by atoms with Crippen molar-refractivity contribution in [2.45, 2.75) is 20.3 Å². The SMILES string of the molecule is Cc1nc(C)n(-c2ccccc2)c(=O)c1Cc1ccccc1. The normalized spacial score (nSPS) is 10.6. The first-order chi connectivity index (χ1) is 10.7. The van der Waals surface area contributed by atoms with Crippen molar-refractivity contribution >= 4 is 0 Å². The van der Waals surface area contributed by atoms with E-state index in [1.807, 2.05) is 74.5 Å². The molecule has 110 valence electrons. The predicted octanol–water partition coefficient (Wildman–Crippen LogP) is 3.44. The number of benzene rings is 2. The molecule has 22 heavy (non-hydrogen) atoms. The molecule has 0 aliphatic rings. The third-order valence-electron chi connectivity index (χ3n) is 3.79. The lowest BCUT2D eigenvalue weighted by atomic mass is 10.0. The van der Waals surface area contributed by atoms with E-state index in [4.69, 9.17) is 0 Å². The predicted molar refractivity (Wildman–Crippen MR) is 88.6 cm³/mol. The van der Waals surface area contributed by atoms with Gasteiger partial charge in [0, 0.05) is 17.7 Å². The molecule has 0 saturated heterocycles. The Morgan fingerprint density at radius 1 is 0.909 bits per heavy atom. The van der Waals surface area contributed by atoms with Gasteiger partial charge in [-0.05, 0) is 31.5 Å². The standard InChI is InChI=1S/C19H18N2O/c1-14-18(13-16-9-5-3-6-10-16)19(22)21(15(2)20-14)17-11-7-4-8-12-17/h3-12H,13H2,1-2H3. The summed E-state index contributed by atoms with van der Waals surface area (Å²) in [4.78, 5) is 17.5. The molecule has 0 bridgehead atoms. The molecule has 0 saturated carbocycles. The second-order valence-electron chi connectivity index (χ2n) is 5.36. The molecule has 0 aliphatic heterocycles. The molecule has 1 aromatic heterocycles. The van der Waals surface area contributed by atoms with Gasteiger partial charge in [-0.2, -0.15) is 0 Å². The van der Waals surface area contributed by atoms with Crippen LogP contribution in [-0.4, -0.2) is 9.55 Å². The van der Waals surface area contributed by atoms with Crippen LogP contribution < -0.4 is 5.56 Å². The van der Waals surface area contributed by atoms with Gasteiger partial charge in [-0.1, -0.05) is 48.5 Å². The molecular formula is C19H18N2O. The summed E-state index contributed by atoms with van der Waals surface area (Å²) in [6.07, 6.45) is 0.603. The lowest BCUT2D eigenvalue weighted by Crippen LogP contribution is -2.27. The molecule has 3 aromatic rings. The maximum Gasteiger partial charge on any atom is 0.261 e. The Bertz CT molecular complexity index is 837. The summed E-state index contributed by atoms with van der Waals surface area (Å²) >= 11 is 0. The highest BCUT2D eigenvalue weighted by Crippen LogP contribution is 2.12. The minimum atomic E-state index is 0.0139. The topological polar surface area (TPSA) is 34.9 Å². The van der Waals surface area contributed by atoms with Gasteiger partial charge in [-0.15, -0.1) is 0 Å². The zero-order valence-electron chi connectivity index (χ0n) is 12.8. The molecule has 2 aromatic carbocycles. The average Bonchev–Trinajstić information content (AvgIpc) is 2.53. The Hall–Kier alpha value is -2.68. The van der Waals surface area contributed by atoms with Crippen molar-refractivity contribution in [1.82, 2.24) is 9.55 Å². The third-order valence-corrected chi connectivity index (χ3v) is 3.79. The number of hydrogen-bond acceptors (Lipinski definition) is 2. The second kappa shape index (κ2) is 5.98. The zero-order chi connectivity index (χ0) is 15.5. The fourth-order valence-electron chi connectivity index (χ4n) is 2.68. The number of aryl methyl sites for hydroxylation is 2. The summed E-state index contributed by atoms with van der Waals surface area (Å²) < 4.78 is 1.69. The molecule has 0 aliphatic carbocycles. The highest BCUT2D eigenvalue weighted by molar-refractivity contribution is 5.36. The largest absolute Gasteiger partial charge is 0.269 e. The van der Waals surface area contributed by atoms with Gasteiger partial charge in [-0.25, -0.2) is 4.98 Å². The molecule has 3 heteroatoms. The van der Waals surface area contributed by atoms with Crippen LogP contribution in [0.5, 0.6) is 0 Å². The Morgan fingerprint density at radius 2 is 1.50 bits per heavy atom. The van der Waals surface area contributed by atoms with Gasteiger partial charge < -0.3 is 0 Å². The number of aromatic nitrogens is 2. The van der Waals surface area contributed by atoms with Crippen LogP contribution in [0.2, 0.25) is 0 Å². The number of nitrogens with zero attached hydrogens (tertiary/aromatic N) is 2. The van der Waals surface area contributed by atoms with Crippen molar-refractivity contribution in [2.24, 2.45) is 0 Å². The van der Waals surface area contributed by atoms with Gasteiger partial charge in [0.05, 0.1) is 5.69 Å². The van der Waals surface area contributed by atoms with E-state index >= 15 is 0 Å². The van der Waals surface area contributed by atoms with E-state index in [2.05, 4.69) is 4.98 Å². The first-order valence-corrected chi connectivity index (χ1v) is 7.35. The summed E-state index contributed by atoms with van der Waals surface area (Å²) in [5.41, 5.74) is 3.54. The smallest absolute Gasteiger partial charge is 0.261 e. The van der Waals surface area contributed by atoms with Crippen LogP contribution >= 0.6 is 0 Å². The van der Waals surface area contributed by atoms with E-state index in [0.29, 0.717) is 12.2 Å². The van der Waals surface area contributed by atoms with E-state index in [1.165, 1.54) is 0 Å². The van der Waals surface area contributed by atoms with Crippen LogP contribution in [0.3, 0.4) is 0 Å². The molecule has 0 spiro atoms. The van der Waals surface area contributed by atoms with Crippen molar-refractivity contribution in [3.63, 3.8) is 0 Å². The van der Waals surface area contributed by atoms with Crippen LogP contribution in [0.15, 0.2) is 65.5 Å². The van der Waals surface area contributed by atoms with Gasteiger partial charge >= 0.3 is 0 Å². The van der Waals surface area contributed by atoms with Crippen molar-refractivity contribution in [1.29, 1.82) is 0 Å². The van der Waals surface area contributed by atoms with Crippen LogP contribution in [0.4, 0.5) is 0 Å². The molecule has 0 fully saturated rings. The fraction of sp³-hybridized carbons (Fsp3) is 0.158. The maximum absolute atomic E-state index is 12.9. The maximum atomic E-state index is 12.9. The zero-order valence-corrected chi connectivity index (χ0v) is 12.8. The van der Waals surface area contributed by atoms with Crippen LogP contribution in [0, 0.1) is 13.8 Å². The molecule has 0 atom stereocenters. The lowest BCUT2D eigenvalue weighted by Gasteiger charge is -2.13. The summed E-state index contributed by atoms with van der Waals surface area (Å²) in [7, 11) is 0. The van der Waals surface area contributed by atoms with E-state index in [0.717, 1.165) is 22.5 Å². The Labute approximate surface area is 129 Å². The number of hydrogen-bond donors (Lipinski definition) is 0. The highest BCUT2D eigenvalue weighted by Gasteiger charge is 2.13. The van der Waals surface area contributed by atoms with Gasteiger partial charge in [0.25, 0.3) is 5.56 Å². The summed E-state index contributed by atoms with van der Waals surface area (Å²) in [5, 5.41) is 0. The molecule has 3 rings (SSSR count). The Balaban J connectivity index is 2.14. The number of rotatable bonds is 3. The monoisotopic (exact) mass is 290 g/mol. The van der Waals surface area contributed by atoms with Crippen LogP contribution in [0.1, 0.15) is 22.6 Å². The fourth-order valence-corrected chi connectivity index (χ4v) is 2.68. The van der Waals surface area contributed by atoms with Gasteiger partial charge in [0.15, 0.2) is 0 Å². The van der Waals surface area contributed by atoms with Crippen molar-refractivity contribution in [2.75, 3.05) is 0 Å². The summed E-state index contributed by atoms with van der Waals surface area (Å²) in [6.45, 7) is 3.77. The van der Waals surface area contributed by atoms with Crippen LogP contribution in [0.25, 0.3) is 5.69 Å². The minimum absolute atomic E-state index is 0.0139. The second-order valence-corrected chi connectivity index (χ2v) is 5.36. The first-order valence-electron chi connectivity index (χ1n) is 7.35. The van der Waals surface area contributed by atoms with E-state index in [-0.39, 0.29) is 5.56 Å². The molecular weight excluding hydrogens is 272 g/mol. The van der Waals surface area contributed by atoms with E-state index < -0.39 is 0 Å². The summed E-state index contributed by atoms with van der Waals surface area (Å²) in [6, 6.07) is 19.7. The van der Waals surface area contributed by atoms with Gasteiger partial charge in [0.2, 0.25) is 0 Å². The third kappa shape index (κ3) is 2.70. The van der Waals surface area contributed by atoms with Crippen LogP contribution in [-0.2, 0) is 6.42 Å². The Kier molecular flexibility index (Phi) is 3.88. The minimum Gasteiger partial charge on any atom is -0.269 e. The van der Waals surface area contributed by atoms with Crippen molar-refractivity contribution < 1.29 is 0 Å². The van der Waals surface area contributed by atoms with Gasteiger partial charge in [0.1, 0.15) is 5.82 Å². The van der Waals surface area contributed by atoms with Crippen molar-refractivity contribution in [3.8, 4) is 5.69 Å². The molecule has 0 radical (unpaired) electrons. The molecule has 0 unspecified atom stereocenters. The molecule has 0 amide bonds. The summed E-state index contributed by atoms with van der Waals surface area (Å²) in [5.74, 6) is 0.713.